The SMILES string of the molecule is Cc1cccc2c1C[C@@H](CO)NC2. The summed E-state index contributed by atoms with van der Waals surface area (Å²) >= 11 is 0. The third-order valence-electron chi connectivity index (χ3n) is 2.76. The zero-order valence-electron chi connectivity index (χ0n) is 7.88. The summed E-state index contributed by atoms with van der Waals surface area (Å²) < 4.78 is 0. The van der Waals surface area contributed by atoms with Gasteiger partial charge in [-0.2, -0.15) is 0 Å². The van der Waals surface area contributed by atoms with Crippen LogP contribution in [0.5, 0.6) is 0 Å². The lowest BCUT2D eigenvalue weighted by Crippen LogP contribution is -2.38. The van der Waals surface area contributed by atoms with E-state index in [0.29, 0.717) is 0 Å². The molecule has 0 bridgehead atoms. The van der Waals surface area contributed by atoms with Crippen molar-refractivity contribution >= 4 is 0 Å². The molecule has 0 amide bonds. The Balaban J connectivity index is 2.32. The van der Waals surface area contributed by atoms with Crippen LogP contribution >= 0.6 is 0 Å². The summed E-state index contributed by atoms with van der Waals surface area (Å²) in [6.45, 7) is 3.26. The van der Waals surface area contributed by atoms with E-state index in [9.17, 15) is 0 Å². The van der Waals surface area contributed by atoms with Crippen LogP contribution in [-0.4, -0.2) is 17.8 Å². The van der Waals surface area contributed by atoms with Crippen molar-refractivity contribution in [2.45, 2.75) is 25.9 Å². The second-order valence-corrected chi connectivity index (χ2v) is 3.68. The maximum absolute atomic E-state index is 9.04. The highest BCUT2D eigenvalue weighted by Gasteiger charge is 2.17. The van der Waals surface area contributed by atoms with Gasteiger partial charge in [-0.1, -0.05) is 18.2 Å². The number of fused-ring (bicyclic) bond motifs is 1. The van der Waals surface area contributed by atoms with Crippen molar-refractivity contribution in [2.24, 2.45) is 0 Å². The largest absolute Gasteiger partial charge is 0.395 e. The first kappa shape index (κ1) is 8.73. The molecule has 2 heteroatoms. The van der Waals surface area contributed by atoms with Gasteiger partial charge in [0.2, 0.25) is 0 Å². The Morgan fingerprint density at radius 1 is 1.54 bits per heavy atom. The Bertz CT molecular complexity index is 309. The van der Waals surface area contributed by atoms with Crippen LogP contribution in [-0.2, 0) is 13.0 Å². The van der Waals surface area contributed by atoms with E-state index in [-0.39, 0.29) is 12.6 Å². The summed E-state index contributed by atoms with van der Waals surface area (Å²) in [6, 6.07) is 6.63. The number of aryl methyl sites for hydroxylation is 1. The molecule has 1 heterocycles. The lowest BCUT2D eigenvalue weighted by Gasteiger charge is -2.25. The maximum atomic E-state index is 9.04. The molecule has 0 saturated heterocycles. The van der Waals surface area contributed by atoms with Crippen LogP contribution in [0.25, 0.3) is 0 Å². The Hall–Kier alpha value is -0.860. The van der Waals surface area contributed by atoms with Crippen molar-refractivity contribution in [1.82, 2.24) is 5.32 Å². The van der Waals surface area contributed by atoms with Gasteiger partial charge >= 0.3 is 0 Å². The quantitative estimate of drug-likeness (QED) is 0.670. The lowest BCUT2D eigenvalue weighted by atomic mass is 9.92. The highest BCUT2D eigenvalue weighted by Crippen LogP contribution is 2.19. The molecule has 70 valence electrons. The number of rotatable bonds is 1. The lowest BCUT2D eigenvalue weighted by molar-refractivity contribution is 0.235. The van der Waals surface area contributed by atoms with Crippen molar-refractivity contribution in [2.75, 3.05) is 6.61 Å². The topological polar surface area (TPSA) is 32.3 Å². The summed E-state index contributed by atoms with van der Waals surface area (Å²) in [4.78, 5) is 0. The molecule has 0 unspecified atom stereocenters. The van der Waals surface area contributed by atoms with Gasteiger partial charge in [0.25, 0.3) is 0 Å². The van der Waals surface area contributed by atoms with Crippen LogP contribution in [0, 0.1) is 6.92 Å². The predicted molar refractivity (Wildman–Crippen MR) is 52.6 cm³/mol. The van der Waals surface area contributed by atoms with Crippen molar-refractivity contribution in [3.8, 4) is 0 Å². The van der Waals surface area contributed by atoms with E-state index < -0.39 is 0 Å². The zero-order chi connectivity index (χ0) is 9.26. The molecular formula is C11H15NO. The molecule has 0 spiro atoms. The second kappa shape index (κ2) is 3.48. The molecule has 0 saturated carbocycles. The summed E-state index contributed by atoms with van der Waals surface area (Å²) in [5, 5.41) is 12.3. The third-order valence-corrected chi connectivity index (χ3v) is 2.76. The van der Waals surface area contributed by atoms with Crippen LogP contribution in [0.1, 0.15) is 16.7 Å². The van der Waals surface area contributed by atoms with Crippen molar-refractivity contribution in [1.29, 1.82) is 0 Å². The smallest absolute Gasteiger partial charge is 0.0587 e. The van der Waals surface area contributed by atoms with E-state index in [1.165, 1.54) is 16.7 Å². The molecular weight excluding hydrogens is 162 g/mol. The fourth-order valence-electron chi connectivity index (χ4n) is 1.92. The molecule has 2 nitrogen and oxygen atoms in total. The van der Waals surface area contributed by atoms with E-state index in [1.807, 2.05) is 0 Å². The monoisotopic (exact) mass is 177 g/mol. The minimum atomic E-state index is 0.230. The van der Waals surface area contributed by atoms with E-state index >= 15 is 0 Å². The fraction of sp³-hybridized carbons (Fsp3) is 0.455. The third kappa shape index (κ3) is 1.60. The van der Waals surface area contributed by atoms with Crippen LogP contribution in [0.3, 0.4) is 0 Å². The van der Waals surface area contributed by atoms with E-state index in [1.54, 1.807) is 0 Å². The van der Waals surface area contributed by atoms with Gasteiger partial charge in [0.1, 0.15) is 0 Å². The van der Waals surface area contributed by atoms with Crippen LogP contribution < -0.4 is 5.32 Å². The first-order valence-corrected chi connectivity index (χ1v) is 4.73. The molecule has 2 rings (SSSR count). The number of nitrogens with one attached hydrogen (secondary N) is 1. The number of aliphatic hydroxyl groups excluding tert-OH is 1. The van der Waals surface area contributed by atoms with E-state index in [2.05, 4.69) is 30.4 Å². The van der Waals surface area contributed by atoms with Crippen molar-refractivity contribution < 1.29 is 5.11 Å². The fourth-order valence-corrected chi connectivity index (χ4v) is 1.92. The zero-order valence-corrected chi connectivity index (χ0v) is 7.88. The molecule has 2 N–H and O–H groups in total. The van der Waals surface area contributed by atoms with Crippen LogP contribution in [0.2, 0.25) is 0 Å². The summed E-state index contributed by atoms with van der Waals surface area (Å²) in [5.41, 5.74) is 4.14. The first-order chi connectivity index (χ1) is 6.31. The summed E-state index contributed by atoms with van der Waals surface area (Å²) in [5.74, 6) is 0. The molecule has 0 aliphatic carbocycles. The Labute approximate surface area is 78.6 Å². The highest BCUT2D eigenvalue weighted by atomic mass is 16.3. The van der Waals surface area contributed by atoms with Crippen LogP contribution in [0.4, 0.5) is 0 Å². The van der Waals surface area contributed by atoms with E-state index in [0.717, 1.165) is 13.0 Å². The number of hydrogen-bond donors (Lipinski definition) is 2. The Kier molecular flexibility index (Phi) is 2.34. The average Bonchev–Trinajstić information content (AvgIpc) is 2.18. The minimum Gasteiger partial charge on any atom is -0.395 e. The minimum absolute atomic E-state index is 0.230. The molecule has 0 radical (unpaired) electrons. The first-order valence-electron chi connectivity index (χ1n) is 4.73. The molecule has 1 aromatic rings. The molecule has 1 aliphatic heterocycles. The predicted octanol–water partition coefficient (Wildman–Crippen LogP) is 1.00. The molecule has 1 atom stereocenters. The maximum Gasteiger partial charge on any atom is 0.0587 e. The Morgan fingerprint density at radius 2 is 2.38 bits per heavy atom. The van der Waals surface area contributed by atoms with Gasteiger partial charge in [-0.05, 0) is 30.0 Å². The average molecular weight is 177 g/mol. The summed E-state index contributed by atoms with van der Waals surface area (Å²) in [6.07, 6.45) is 0.957. The normalized spacial score (nSPS) is 21.2. The standard InChI is InChI=1S/C11H15NO/c1-8-3-2-4-9-6-12-10(7-13)5-11(8)9/h2-4,10,12-13H,5-7H2,1H3/t10-/m0/s1. The molecule has 1 aromatic carbocycles. The van der Waals surface area contributed by atoms with Crippen molar-refractivity contribution in [3.05, 3.63) is 34.9 Å². The van der Waals surface area contributed by atoms with Gasteiger partial charge < -0.3 is 10.4 Å². The van der Waals surface area contributed by atoms with Gasteiger partial charge in [-0.15, -0.1) is 0 Å². The van der Waals surface area contributed by atoms with Crippen LogP contribution in [0.15, 0.2) is 18.2 Å². The molecule has 1 aliphatic rings. The number of hydrogen-bond acceptors (Lipinski definition) is 2. The van der Waals surface area contributed by atoms with Gasteiger partial charge in [-0.25, -0.2) is 0 Å². The number of benzene rings is 1. The second-order valence-electron chi connectivity index (χ2n) is 3.68. The molecule has 13 heavy (non-hydrogen) atoms. The van der Waals surface area contributed by atoms with E-state index in [4.69, 9.17) is 5.11 Å². The van der Waals surface area contributed by atoms with Crippen molar-refractivity contribution in [3.63, 3.8) is 0 Å². The van der Waals surface area contributed by atoms with Gasteiger partial charge in [0.15, 0.2) is 0 Å². The summed E-state index contributed by atoms with van der Waals surface area (Å²) in [7, 11) is 0. The molecule has 0 fully saturated rings. The number of aliphatic hydroxyl groups is 1. The van der Waals surface area contributed by atoms with Gasteiger partial charge in [0.05, 0.1) is 6.61 Å². The molecule has 0 aromatic heterocycles. The highest BCUT2D eigenvalue weighted by molar-refractivity contribution is 5.36. The Morgan fingerprint density at radius 3 is 3.15 bits per heavy atom. The van der Waals surface area contributed by atoms with Gasteiger partial charge in [-0.3, -0.25) is 0 Å². The van der Waals surface area contributed by atoms with Gasteiger partial charge in [0, 0.05) is 12.6 Å².